The van der Waals surface area contributed by atoms with Crippen molar-refractivity contribution in [1.82, 2.24) is 4.90 Å². The first kappa shape index (κ1) is 16.0. The normalized spacial score (nSPS) is 14.5. The molecule has 0 radical (unpaired) electrons. The summed E-state index contributed by atoms with van der Waals surface area (Å²) in [7, 11) is 0. The Hall–Kier alpha value is -1.34. The molecule has 0 spiro atoms. The molecule has 1 aromatic carbocycles. The van der Waals surface area contributed by atoms with Gasteiger partial charge in [-0.25, -0.2) is 0 Å². The van der Waals surface area contributed by atoms with E-state index in [0.717, 1.165) is 13.0 Å². The van der Waals surface area contributed by atoms with Gasteiger partial charge in [0, 0.05) is 6.54 Å². The maximum absolute atomic E-state index is 2.59. The maximum atomic E-state index is 2.59. The summed E-state index contributed by atoms with van der Waals surface area (Å²) in [5.41, 5.74) is 4.47. The van der Waals surface area contributed by atoms with Gasteiger partial charge in [-0.1, -0.05) is 56.3 Å². The summed E-state index contributed by atoms with van der Waals surface area (Å²) in [6, 6.07) is 8.96. The molecule has 0 aromatic heterocycles. The zero-order valence-corrected chi connectivity index (χ0v) is 13.6. The van der Waals surface area contributed by atoms with E-state index in [0.29, 0.717) is 0 Å². The van der Waals surface area contributed by atoms with Gasteiger partial charge >= 0.3 is 0 Å². The van der Waals surface area contributed by atoms with Crippen molar-refractivity contribution < 1.29 is 0 Å². The molecule has 0 unspecified atom stereocenters. The summed E-state index contributed by atoms with van der Waals surface area (Å²) >= 11 is 0. The van der Waals surface area contributed by atoms with Gasteiger partial charge in [-0.2, -0.15) is 0 Å². The fourth-order valence-electron chi connectivity index (χ4n) is 3.05. The molecular formula is C20H29N. The van der Waals surface area contributed by atoms with Gasteiger partial charge in [0.25, 0.3) is 0 Å². The van der Waals surface area contributed by atoms with Crippen LogP contribution in [-0.2, 0) is 13.0 Å². The lowest BCUT2D eigenvalue weighted by Crippen LogP contribution is -2.25. The van der Waals surface area contributed by atoms with Gasteiger partial charge in [-0.3, -0.25) is 4.90 Å². The van der Waals surface area contributed by atoms with Crippen LogP contribution >= 0.6 is 0 Å². The maximum Gasteiger partial charge on any atom is 0.0236 e. The minimum absolute atomic E-state index is 1.08. The lowest BCUT2D eigenvalue weighted by Gasteiger charge is -2.23. The molecule has 114 valence electrons. The van der Waals surface area contributed by atoms with Gasteiger partial charge in [0.15, 0.2) is 0 Å². The third kappa shape index (κ3) is 5.17. The van der Waals surface area contributed by atoms with Crippen molar-refractivity contribution in [2.45, 2.75) is 52.5 Å². The summed E-state index contributed by atoms with van der Waals surface area (Å²) in [5, 5.41) is 0. The predicted molar refractivity (Wildman–Crippen MR) is 92.5 cm³/mol. The van der Waals surface area contributed by atoms with E-state index in [1.807, 2.05) is 0 Å². The van der Waals surface area contributed by atoms with Gasteiger partial charge in [-0.05, 0) is 61.9 Å². The second-order valence-corrected chi connectivity index (χ2v) is 5.98. The third-order valence-corrected chi connectivity index (χ3v) is 4.06. The Morgan fingerprint density at radius 3 is 2.29 bits per heavy atom. The number of allylic oxidation sites excluding steroid dienone is 4. The molecule has 1 heteroatoms. The van der Waals surface area contributed by atoms with Crippen molar-refractivity contribution in [3.63, 3.8) is 0 Å². The first-order valence-electron chi connectivity index (χ1n) is 8.48. The van der Waals surface area contributed by atoms with E-state index in [9.17, 15) is 0 Å². The van der Waals surface area contributed by atoms with Gasteiger partial charge < -0.3 is 0 Å². The Bertz CT molecular complexity index is 478. The molecule has 0 saturated carbocycles. The van der Waals surface area contributed by atoms with E-state index >= 15 is 0 Å². The summed E-state index contributed by atoms with van der Waals surface area (Å²) in [6.45, 7) is 8.03. The SMILES string of the molecule is CCCN(CCC)Cc1ccccc1CC1=CCCC=C1. The third-order valence-electron chi connectivity index (χ3n) is 4.06. The van der Waals surface area contributed by atoms with Crippen molar-refractivity contribution in [3.8, 4) is 0 Å². The van der Waals surface area contributed by atoms with Crippen LogP contribution in [-0.4, -0.2) is 18.0 Å². The van der Waals surface area contributed by atoms with Gasteiger partial charge in [0.2, 0.25) is 0 Å². The molecule has 1 aliphatic carbocycles. The highest BCUT2D eigenvalue weighted by atomic mass is 15.1. The molecule has 0 saturated heterocycles. The van der Waals surface area contributed by atoms with Crippen LogP contribution in [0.15, 0.2) is 48.1 Å². The minimum atomic E-state index is 1.08. The lowest BCUT2D eigenvalue weighted by molar-refractivity contribution is 0.266. The standard InChI is InChI=1S/C20H29N/c1-3-14-21(15-4-2)17-20-13-9-8-12-19(20)16-18-10-6-5-7-11-18/h6,8-13H,3-5,7,14-17H2,1-2H3. The molecular weight excluding hydrogens is 254 g/mol. The van der Waals surface area contributed by atoms with E-state index in [1.54, 1.807) is 0 Å². The second-order valence-electron chi connectivity index (χ2n) is 5.98. The molecule has 0 fully saturated rings. The van der Waals surface area contributed by atoms with Crippen molar-refractivity contribution in [3.05, 3.63) is 59.2 Å². The Kier molecular flexibility index (Phi) is 6.75. The predicted octanol–water partition coefficient (Wildman–Crippen LogP) is 5.13. The van der Waals surface area contributed by atoms with Crippen molar-refractivity contribution in [1.29, 1.82) is 0 Å². The summed E-state index contributed by atoms with van der Waals surface area (Å²) in [6.07, 6.45) is 12.9. The molecule has 0 amide bonds. The summed E-state index contributed by atoms with van der Waals surface area (Å²) in [4.78, 5) is 2.59. The highest BCUT2D eigenvalue weighted by Crippen LogP contribution is 2.19. The van der Waals surface area contributed by atoms with Crippen LogP contribution in [0.25, 0.3) is 0 Å². The number of hydrogen-bond donors (Lipinski definition) is 0. The number of benzene rings is 1. The van der Waals surface area contributed by atoms with Crippen LogP contribution in [0, 0.1) is 0 Å². The Morgan fingerprint density at radius 1 is 0.952 bits per heavy atom. The zero-order valence-electron chi connectivity index (χ0n) is 13.6. The molecule has 0 bridgehead atoms. The topological polar surface area (TPSA) is 3.24 Å². The molecule has 1 aliphatic rings. The van der Waals surface area contributed by atoms with Crippen molar-refractivity contribution in [2.24, 2.45) is 0 Å². The Balaban J connectivity index is 2.08. The van der Waals surface area contributed by atoms with Gasteiger partial charge in [0.05, 0.1) is 0 Å². The Labute approximate surface area is 130 Å². The fraction of sp³-hybridized carbons (Fsp3) is 0.500. The fourth-order valence-corrected chi connectivity index (χ4v) is 3.05. The number of hydrogen-bond acceptors (Lipinski definition) is 1. The van der Waals surface area contributed by atoms with Crippen LogP contribution in [0.4, 0.5) is 0 Å². The summed E-state index contributed by atoms with van der Waals surface area (Å²) < 4.78 is 0. The lowest BCUT2D eigenvalue weighted by atomic mass is 9.96. The average molecular weight is 283 g/mol. The zero-order chi connectivity index (χ0) is 14.9. The first-order valence-corrected chi connectivity index (χ1v) is 8.48. The van der Waals surface area contributed by atoms with E-state index in [2.05, 4.69) is 61.2 Å². The van der Waals surface area contributed by atoms with E-state index in [1.165, 1.54) is 55.5 Å². The van der Waals surface area contributed by atoms with Gasteiger partial charge in [-0.15, -0.1) is 0 Å². The average Bonchev–Trinajstić information content (AvgIpc) is 2.51. The molecule has 21 heavy (non-hydrogen) atoms. The first-order chi connectivity index (χ1) is 10.3. The largest absolute Gasteiger partial charge is 0.299 e. The van der Waals surface area contributed by atoms with E-state index in [-0.39, 0.29) is 0 Å². The van der Waals surface area contributed by atoms with Crippen LogP contribution in [0.2, 0.25) is 0 Å². The molecule has 1 nitrogen and oxygen atoms in total. The molecule has 0 heterocycles. The second kappa shape index (κ2) is 8.84. The molecule has 0 N–H and O–H groups in total. The monoisotopic (exact) mass is 283 g/mol. The molecule has 1 aromatic rings. The van der Waals surface area contributed by atoms with Crippen LogP contribution in [0.1, 0.15) is 50.7 Å². The highest BCUT2D eigenvalue weighted by molar-refractivity contribution is 5.35. The van der Waals surface area contributed by atoms with Gasteiger partial charge in [0.1, 0.15) is 0 Å². The van der Waals surface area contributed by atoms with Crippen LogP contribution in [0.5, 0.6) is 0 Å². The smallest absolute Gasteiger partial charge is 0.0236 e. The van der Waals surface area contributed by atoms with E-state index in [4.69, 9.17) is 0 Å². The van der Waals surface area contributed by atoms with Crippen molar-refractivity contribution in [2.75, 3.05) is 13.1 Å². The minimum Gasteiger partial charge on any atom is -0.299 e. The van der Waals surface area contributed by atoms with Crippen molar-refractivity contribution >= 4 is 0 Å². The quantitative estimate of drug-likeness (QED) is 0.639. The summed E-state index contributed by atoms with van der Waals surface area (Å²) in [5.74, 6) is 0. The van der Waals surface area contributed by atoms with E-state index < -0.39 is 0 Å². The molecule has 0 aliphatic heterocycles. The highest BCUT2D eigenvalue weighted by Gasteiger charge is 2.09. The van der Waals surface area contributed by atoms with Crippen LogP contribution in [0.3, 0.4) is 0 Å². The molecule has 2 rings (SSSR count). The number of rotatable bonds is 8. The Morgan fingerprint density at radius 2 is 1.67 bits per heavy atom. The molecule has 0 atom stereocenters. The number of nitrogens with zero attached hydrogens (tertiary/aromatic N) is 1. The van der Waals surface area contributed by atoms with Crippen LogP contribution < -0.4 is 0 Å².